The van der Waals surface area contributed by atoms with Gasteiger partial charge in [0.05, 0.1) is 0 Å². The van der Waals surface area contributed by atoms with E-state index in [1.165, 1.54) is 44.6 Å². The first kappa shape index (κ1) is 22.9. The van der Waals surface area contributed by atoms with E-state index >= 15 is 0 Å². The van der Waals surface area contributed by atoms with E-state index in [1.54, 1.807) is 5.92 Å². The molecule has 0 aromatic heterocycles. The van der Waals surface area contributed by atoms with Gasteiger partial charge in [-0.25, -0.2) is 12.8 Å². The average molecular weight is 416 g/mol. The topological polar surface area (TPSA) is 0 Å². The molecule has 0 aliphatic heterocycles. The molecule has 0 aromatic carbocycles. The van der Waals surface area contributed by atoms with Crippen LogP contribution < -0.4 is 0 Å². The van der Waals surface area contributed by atoms with Gasteiger partial charge in [0.25, 0.3) is 0 Å². The Kier molecular flexibility index (Phi) is 6.83. The molecule has 0 fully saturated rings. The molecule has 2 aliphatic rings. The molecular formula is C24H36Zr. The van der Waals surface area contributed by atoms with Crippen LogP contribution in [0.4, 0.5) is 0 Å². The first-order valence-corrected chi connectivity index (χ1v) is 9.35. The maximum absolute atomic E-state index is 4.22. The maximum Gasteiger partial charge on any atom is 2.00 e. The van der Waals surface area contributed by atoms with Crippen LogP contribution in [0.5, 0.6) is 0 Å². The van der Waals surface area contributed by atoms with Crippen molar-refractivity contribution in [2.24, 2.45) is 10.8 Å². The first-order valence-electron chi connectivity index (χ1n) is 9.35. The summed E-state index contributed by atoms with van der Waals surface area (Å²) in [4.78, 5) is 0. The van der Waals surface area contributed by atoms with Crippen molar-refractivity contribution in [3.05, 3.63) is 57.4 Å². The van der Waals surface area contributed by atoms with Gasteiger partial charge in [0.15, 0.2) is 0 Å². The quantitative estimate of drug-likeness (QED) is 0.416. The number of hydrogen-bond acceptors (Lipinski definition) is 0. The molecule has 0 aromatic rings. The molecule has 0 saturated carbocycles. The summed E-state index contributed by atoms with van der Waals surface area (Å²) in [5.74, 6) is 1.64. The second-order valence-corrected chi connectivity index (χ2v) is 8.33. The van der Waals surface area contributed by atoms with E-state index in [0.29, 0.717) is 0 Å². The zero-order valence-electron chi connectivity index (χ0n) is 18.1. The fraction of sp³-hybridized carbons (Fsp3) is 0.583. The van der Waals surface area contributed by atoms with Crippen molar-refractivity contribution >= 4 is 0 Å². The molecule has 0 nitrogen and oxygen atoms in total. The minimum atomic E-state index is 0. The maximum atomic E-state index is 4.22. The Hall–Kier alpha value is -0.157. The normalized spacial score (nSPS) is 22.6. The Balaban J connectivity index is 0.00000312. The minimum Gasteiger partial charge on any atom is -0.346 e. The molecule has 136 valence electrons. The zero-order valence-corrected chi connectivity index (χ0v) is 20.6. The molecule has 25 heavy (non-hydrogen) atoms. The molecule has 1 heteroatoms. The van der Waals surface area contributed by atoms with E-state index in [2.05, 4.69) is 76.2 Å². The Labute approximate surface area is 176 Å². The van der Waals surface area contributed by atoms with Crippen LogP contribution in [0, 0.1) is 23.7 Å². The predicted molar refractivity (Wildman–Crippen MR) is 108 cm³/mol. The van der Waals surface area contributed by atoms with Gasteiger partial charge in [-0.3, -0.25) is 5.92 Å². The largest absolute Gasteiger partial charge is 2.00 e. The van der Waals surface area contributed by atoms with Gasteiger partial charge < -0.3 is 6.92 Å². The van der Waals surface area contributed by atoms with Crippen molar-refractivity contribution in [3.8, 4) is 0 Å². The standard InChI is InChI=1S/C24H36.Zr/c1-12-13-22(23(10)18(6)14(2)15(3)19(23)7)24(11)20(8)16(4)17(5)21(24)9;/h1,12-13H2,2-11H3;/q-2;+2. The fourth-order valence-electron chi connectivity index (χ4n) is 5.27. The van der Waals surface area contributed by atoms with Crippen LogP contribution in [0.2, 0.25) is 0 Å². The molecule has 0 radical (unpaired) electrons. The van der Waals surface area contributed by atoms with Crippen LogP contribution in [0.25, 0.3) is 0 Å². The first-order chi connectivity index (χ1) is 11.0. The Morgan fingerprint density at radius 1 is 0.640 bits per heavy atom. The molecule has 0 unspecified atom stereocenters. The van der Waals surface area contributed by atoms with Crippen molar-refractivity contribution < 1.29 is 26.2 Å². The smallest absolute Gasteiger partial charge is 0.346 e. The summed E-state index contributed by atoms with van der Waals surface area (Å²) in [7, 11) is 0. The number of rotatable bonds is 4. The van der Waals surface area contributed by atoms with E-state index in [0.717, 1.165) is 12.8 Å². The Morgan fingerprint density at radius 2 is 0.880 bits per heavy atom. The molecule has 0 spiro atoms. The summed E-state index contributed by atoms with van der Waals surface area (Å²) < 4.78 is 0. The van der Waals surface area contributed by atoms with Gasteiger partial charge in [-0.2, -0.15) is 0 Å². The summed E-state index contributed by atoms with van der Waals surface area (Å²) in [6.45, 7) is 27.7. The molecule has 0 saturated heterocycles. The summed E-state index contributed by atoms with van der Waals surface area (Å²) in [6.07, 6.45) is 2.04. The number of hydrogen-bond donors (Lipinski definition) is 0. The fourth-order valence-corrected chi connectivity index (χ4v) is 5.27. The zero-order chi connectivity index (χ0) is 18.6. The number of allylic oxidation sites excluding steroid dienone is 8. The van der Waals surface area contributed by atoms with Gasteiger partial charge >= 0.3 is 26.2 Å². The van der Waals surface area contributed by atoms with Crippen LogP contribution in [-0.2, 0) is 26.2 Å². The van der Waals surface area contributed by atoms with Crippen molar-refractivity contribution in [2.45, 2.75) is 82.1 Å². The van der Waals surface area contributed by atoms with Gasteiger partial charge in [0.2, 0.25) is 0 Å². The third-order valence-corrected chi connectivity index (χ3v) is 8.01. The van der Waals surface area contributed by atoms with Crippen molar-refractivity contribution in [3.63, 3.8) is 0 Å². The third kappa shape index (κ3) is 2.88. The van der Waals surface area contributed by atoms with E-state index in [4.69, 9.17) is 0 Å². The molecule has 2 rings (SSSR count). The average Bonchev–Trinajstić information content (AvgIpc) is 2.80. The summed E-state index contributed by atoms with van der Waals surface area (Å²) in [5, 5.41) is 0. The molecule has 0 heterocycles. The predicted octanol–water partition coefficient (Wildman–Crippen LogP) is 7.56. The Bertz CT molecular complexity index is 588. The van der Waals surface area contributed by atoms with E-state index in [9.17, 15) is 0 Å². The Morgan fingerprint density at radius 3 is 1.08 bits per heavy atom. The molecule has 0 N–H and O–H groups in total. The molecule has 0 bridgehead atoms. The van der Waals surface area contributed by atoms with Crippen molar-refractivity contribution in [2.75, 3.05) is 0 Å². The van der Waals surface area contributed by atoms with Crippen LogP contribution in [0.15, 0.2) is 44.6 Å². The van der Waals surface area contributed by atoms with Gasteiger partial charge in [-0.1, -0.05) is 58.4 Å². The molecule has 0 atom stereocenters. The second kappa shape index (κ2) is 7.46. The van der Waals surface area contributed by atoms with Crippen molar-refractivity contribution in [1.29, 1.82) is 0 Å². The summed E-state index contributed by atoms with van der Waals surface area (Å²) >= 11 is 0. The van der Waals surface area contributed by atoms with Crippen molar-refractivity contribution in [1.82, 2.24) is 0 Å². The summed E-state index contributed by atoms with van der Waals surface area (Å²) in [6, 6.07) is 0. The summed E-state index contributed by atoms with van der Waals surface area (Å²) in [5.41, 5.74) is 12.2. The third-order valence-electron chi connectivity index (χ3n) is 8.01. The van der Waals surface area contributed by atoms with Gasteiger partial charge in [-0.05, 0) is 55.4 Å². The van der Waals surface area contributed by atoms with Crippen LogP contribution >= 0.6 is 0 Å². The van der Waals surface area contributed by atoms with Crippen LogP contribution in [-0.4, -0.2) is 0 Å². The van der Waals surface area contributed by atoms with Gasteiger partial charge in [0, 0.05) is 0 Å². The molecule has 0 amide bonds. The second-order valence-electron chi connectivity index (χ2n) is 8.33. The van der Waals surface area contributed by atoms with E-state index < -0.39 is 0 Å². The van der Waals surface area contributed by atoms with E-state index in [-0.39, 0.29) is 37.0 Å². The molecule has 2 aliphatic carbocycles. The van der Waals surface area contributed by atoms with Crippen LogP contribution in [0.1, 0.15) is 82.1 Å². The van der Waals surface area contributed by atoms with E-state index in [1.807, 2.05) is 0 Å². The SMILES string of the molecule is [CH2-]CC[C-](C1(C)C(C)=C(C)C(C)=C1C)C1(C)C(C)=C(C)C(C)=C1C.[Zr+2]. The monoisotopic (exact) mass is 414 g/mol. The van der Waals surface area contributed by atoms with Gasteiger partial charge in [0.1, 0.15) is 0 Å². The van der Waals surface area contributed by atoms with Gasteiger partial charge in [-0.15, -0.1) is 10.8 Å². The minimum absolute atomic E-state index is 0. The molecular weight excluding hydrogens is 379 g/mol. The van der Waals surface area contributed by atoms with Crippen LogP contribution in [0.3, 0.4) is 0 Å².